The third-order valence-electron chi connectivity index (χ3n) is 2.39. The molecule has 1 rings (SSSR count). The van der Waals surface area contributed by atoms with Crippen molar-refractivity contribution in [2.75, 3.05) is 12.3 Å². The quantitative estimate of drug-likeness (QED) is 0.668. The average molecular weight is 206 g/mol. The van der Waals surface area contributed by atoms with E-state index in [1.54, 1.807) is 0 Å². The molecule has 5 heteroatoms. The normalized spacial score (nSPS) is 28.5. The highest BCUT2D eigenvalue weighted by molar-refractivity contribution is 7.89. The molecule has 0 atom stereocenters. The number of nitrogens with one attached hydrogen (secondary N) is 1. The largest absolute Gasteiger partial charge is 0.330 e. The van der Waals surface area contributed by atoms with Crippen LogP contribution in [-0.2, 0) is 10.0 Å². The van der Waals surface area contributed by atoms with Crippen LogP contribution in [0.15, 0.2) is 0 Å². The van der Waals surface area contributed by atoms with Crippen molar-refractivity contribution < 1.29 is 8.42 Å². The molecule has 0 unspecified atom stereocenters. The molecule has 0 saturated heterocycles. The van der Waals surface area contributed by atoms with E-state index in [9.17, 15) is 8.42 Å². The molecule has 1 fully saturated rings. The summed E-state index contributed by atoms with van der Waals surface area (Å²) in [5.74, 6) is 0.755. The molecule has 0 radical (unpaired) electrons. The molecule has 1 aliphatic rings. The maximum Gasteiger partial charge on any atom is 0.211 e. The lowest BCUT2D eigenvalue weighted by Gasteiger charge is -2.34. The number of rotatable bonds is 5. The molecule has 13 heavy (non-hydrogen) atoms. The van der Waals surface area contributed by atoms with Gasteiger partial charge < -0.3 is 5.73 Å². The molecule has 0 bridgehead atoms. The summed E-state index contributed by atoms with van der Waals surface area (Å²) < 4.78 is 25.2. The fraction of sp³-hybridized carbons (Fsp3) is 1.00. The minimum absolute atomic E-state index is 0.144. The summed E-state index contributed by atoms with van der Waals surface area (Å²) in [5.41, 5.74) is 5.44. The Morgan fingerprint density at radius 3 is 2.54 bits per heavy atom. The van der Waals surface area contributed by atoms with E-state index in [4.69, 9.17) is 5.73 Å². The summed E-state index contributed by atoms with van der Waals surface area (Å²) in [6.45, 7) is 2.54. The van der Waals surface area contributed by atoms with Crippen LogP contribution in [0.4, 0.5) is 0 Å². The predicted molar refractivity (Wildman–Crippen MR) is 52.8 cm³/mol. The van der Waals surface area contributed by atoms with Crippen molar-refractivity contribution in [3.05, 3.63) is 0 Å². The maximum absolute atomic E-state index is 11.3. The summed E-state index contributed by atoms with van der Waals surface area (Å²) in [6.07, 6.45) is 2.47. The first-order valence-electron chi connectivity index (χ1n) is 4.77. The van der Waals surface area contributed by atoms with Crippen LogP contribution in [0, 0.1) is 5.92 Å². The van der Waals surface area contributed by atoms with Crippen molar-refractivity contribution in [1.29, 1.82) is 0 Å². The van der Waals surface area contributed by atoms with E-state index < -0.39 is 10.0 Å². The van der Waals surface area contributed by atoms with Crippen molar-refractivity contribution in [3.8, 4) is 0 Å². The highest BCUT2D eigenvalue weighted by Crippen LogP contribution is 2.26. The molecule has 0 amide bonds. The second kappa shape index (κ2) is 4.39. The topological polar surface area (TPSA) is 72.2 Å². The Morgan fingerprint density at radius 2 is 2.08 bits per heavy atom. The predicted octanol–water partition coefficient (Wildman–Crippen LogP) is 0.0531. The Hall–Kier alpha value is -0.130. The first kappa shape index (κ1) is 10.9. The second-order valence-corrected chi connectivity index (χ2v) is 5.58. The van der Waals surface area contributed by atoms with Crippen LogP contribution in [-0.4, -0.2) is 26.8 Å². The van der Waals surface area contributed by atoms with Gasteiger partial charge >= 0.3 is 0 Å². The number of sulfonamides is 1. The Labute approximate surface area is 79.9 Å². The van der Waals surface area contributed by atoms with Gasteiger partial charge in [0.05, 0.1) is 5.75 Å². The van der Waals surface area contributed by atoms with Gasteiger partial charge in [0.1, 0.15) is 0 Å². The SMILES string of the molecule is CCCS(=O)(=O)NC1CC(CN)C1. The lowest BCUT2D eigenvalue weighted by atomic mass is 9.81. The van der Waals surface area contributed by atoms with Crippen LogP contribution in [0.25, 0.3) is 0 Å². The smallest absolute Gasteiger partial charge is 0.211 e. The Morgan fingerprint density at radius 1 is 1.46 bits per heavy atom. The zero-order chi connectivity index (χ0) is 9.90. The van der Waals surface area contributed by atoms with Gasteiger partial charge in [0, 0.05) is 6.04 Å². The molecule has 78 valence electrons. The standard InChI is InChI=1S/C8H18N2O2S/c1-2-3-13(11,12)10-8-4-7(5-8)6-9/h7-8,10H,2-6,9H2,1H3. The molecular weight excluding hydrogens is 188 g/mol. The van der Waals surface area contributed by atoms with Crippen molar-refractivity contribution in [1.82, 2.24) is 4.72 Å². The molecule has 0 aromatic heterocycles. The van der Waals surface area contributed by atoms with Gasteiger partial charge in [-0.15, -0.1) is 0 Å². The summed E-state index contributed by atoms with van der Waals surface area (Å²) in [5, 5.41) is 0. The Balaban J connectivity index is 2.27. The fourth-order valence-corrected chi connectivity index (χ4v) is 2.96. The molecular formula is C8H18N2O2S. The van der Waals surface area contributed by atoms with Crippen LogP contribution >= 0.6 is 0 Å². The summed E-state index contributed by atoms with van der Waals surface area (Å²) >= 11 is 0. The van der Waals surface area contributed by atoms with E-state index in [0.717, 1.165) is 12.8 Å². The van der Waals surface area contributed by atoms with Gasteiger partial charge in [-0.25, -0.2) is 13.1 Å². The minimum atomic E-state index is -3.01. The Bertz CT molecular complexity index is 245. The molecule has 0 aromatic rings. The van der Waals surface area contributed by atoms with E-state index in [1.807, 2.05) is 6.92 Å². The first-order valence-corrected chi connectivity index (χ1v) is 6.42. The van der Waals surface area contributed by atoms with E-state index in [-0.39, 0.29) is 11.8 Å². The fourth-order valence-electron chi connectivity index (χ4n) is 1.61. The third kappa shape index (κ3) is 3.25. The van der Waals surface area contributed by atoms with Crippen molar-refractivity contribution in [3.63, 3.8) is 0 Å². The van der Waals surface area contributed by atoms with Gasteiger partial charge in [-0.3, -0.25) is 0 Å². The van der Waals surface area contributed by atoms with Gasteiger partial charge in [-0.1, -0.05) is 6.92 Å². The van der Waals surface area contributed by atoms with Crippen LogP contribution in [0.3, 0.4) is 0 Å². The van der Waals surface area contributed by atoms with E-state index in [1.165, 1.54) is 0 Å². The van der Waals surface area contributed by atoms with E-state index in [0.29, 0.717) is 18.9 Å². The molecule has 1 saturated carbocycles. The minimum Gasteiger partial charge on any atom is -0.330 e. The van der Waals surface area contributed by atoms with Crippen molar-refractivity contribution in [2.24, 2.45) is 11.7 Å². The molecule has 0 spiro atoms. The zero-order valence-electron chi connectivity index (χ0n) is 7.99. The van der Waals surface area contributed by atoms with Crippen molar-refractivity contribution in [2.45, 2.75) is 32.2 Å². The molecule has 4 nitrogen and oxygen atoms in total. The van der Waals surface area contributed by atoms with Crippen molar-refractivity contribution >= 4 is 10.0 Å². The number of hydrogen-bond donors (Lipinski definition) is 2. The lowest BCUT2D eigenvalue weighted by Crippen LogP contribution is -2.46. The van der Waals surface area contributed by atoms with Crippen LogP contribution < -0.4 is 10.5 Å². The van der Waals surface area contributed by atoms with Crippen LogP contribution in [0.5, 0.6) is 0 Å². The van der Waals surface area contributed by atoms with E-state index >= 15 is 0 Å². The van der Waals surface area contributed by atoms with Gasteiger partial charge in [0.25, 0.3) is 0 Å². The number of nitrogens with two attached hydrogens (primary N) is 1. The lowest BCUT2D eigenvalue weighted by molar-refractivity contribution is 0.255. The van der Waals surface area contributed by atoms with Crippen LogP contribution in [0.1, 0.15) is 26.2 Å². The Kier molecular flexibility index (Phi) is 3.70. The third-order valence-corrected chi connectivity index (χ3v) is 4.03. The monoisotopic (exact) mass is 206 g/mol. The second-order valence-electron chi connectivity index (χ2n) is 3.71. The average Bonchev–Trinajstić information content (AvgIpc) is 1.95. The summed E-state index contributed by atoms with van der Waals surface area (Å²) in [6, 6.07) is 0.144. The van der Waals surface area contributed by atoms with Gasteiger partial charge in [0.15, 0.2) is 0 Å². The molecule has 1 aliphatic carbocycles. The molecule has 3 N–H and O–H groups in total. The van der Waals surface area contributed by atoms with Gasteiger partial charge in [-0.2, -0.15) is 0 Å². The highest BCUT2D eigenvalue weighted by Gasteiger charge is 2.30. The maximum atomic E-state index is 11.3. The molecule has 0 heterocycles. The first-order chi connectivity index (χ1) is 6.07. The van der Waals surface area contributed by atoms with Crippen LogP contribution in [0.2, 0.25) is 0 Å². The summed E-state index contributed by atoms with van der Waals surface area (Å²) in [7, 11) is -3.01. The van der Waals surface area contributed by atoms with E-state index in [2.05, 4.69) is 4.72 Å². The summed E-state index contributed by atoms with van der Waals surface area (Å²) in [4.78, 5) is 0. The highest BCUT2D eigenvalue weighted by atomic mass is 32.2. The zero-order valence-corrected chi connectivity index (χ0v) is 8.81. The molecule has 0 aliphatic heterocycles. The number of hydrogen-bond acceptors (Lipinski definition) is 3. The van der Waals surface area contributed by atoms with Gasteiger partial charge in [0.2, 0.25) is 10.0 Å². The molecule has 0 aromatic carbocycles. The van der Waals surface area contributed by atoms with Gasteiger partial charge in [-0.05, 0) is 31.7 Å².